The standard InChI is InChI=1S/C27H26F3N3O3/c1-2-35-24-12-8-20(16-31-24)26(34)33-22-10-6-18(7-11-22)14-19-4-3-5-23(15-19)36-25-13-9-21(17-32-25)27(28,29)30/h3-5,8-9,12-17,22H,2,6-7,10-11H2,1H3,(H,33,34). The number of hydrogen-bond acceptors (Lipinski definition) is 5. The minimum atomic E-state index is -4.44. The van der Waals surface area contributed by atoms with Crippen LogP contribution in [0.2, 0.25) is 0 Å². The molecule has 0 unspecified atom stereocenters. The van der Waals surface area contributed by atoms with Crippen LogP contribution in [0.4, 0.5) is 13.2 Å². The Balaban J connectivity index is 1.31. The van der Waals surface area contributed by atoms with Gasteiger partial charge in [-0.25, -0.2) is 9.97 Å². The quantitative estimate of drug-likeness (QED) is 0.407. The van der Waals surface area contributed by atoms with Gasteiger partial charge in [-0.2, -0.15) is 13.2 Å². The third kappa shape index (κ3) is 6.84. The van der Waals surface area contributed by atoms with E-state index < -0.39 is 11.7 Å². The van der Waals surface area contributed by atoms with Crippen LogP contribution in [0.15, 0.2) is 66.5 Å². The van der Waals surface area contributed by atoms with E-state index in [1.807, 2.05) is 25.1 Å². The fourth-order valence-corrected chi connectivity index (χ4v) is 3.93. The van der Waals surface area contributed by atoms with Crippen molar-refractivity contribution in [3.05, 3.63) is 83.2 Å². The summed E-state index contributed by atoms with van der Waals surface area (Å²) in [6.45, 7) is 2.39. The van der Waals surface area contributed by atoms with E-state index >= 15 is 0 Å². The Morgan fingerprint density at radius 1 is 1.06 bits per heavy atom. The van der Waals surface area contributed by atoms with Crippen molar-refractivity contribution >= 4 is 12.0 Å². The lowest BCUT2D eigenvalue weighted by molar-refractivity contribution is -0.137. The van der Waals surface area contributed by atoms with Gasteiger partial charge in [-0.15, -0.1) is 0 Å². The summed E-state index contributed by atoms with van der Waals surface area (Å²) in [5.74, 6) is 0.921. The van der Waals surface area contributed by atoms with E-state index in [2.05, 4.69) is 21.4 Å². The second-order valence-corrected chi connectivity index (χ2v) is 8.43. The van der Waals surface area contributed by atoms with E-state index in [9.17, 15) is 18.0 Å². The lowest BCUT2D eigenvalue weighted by Gasteiger charge is -2.25. The highest BCUT2D eigenvalue weighted by Gasteiger charge is 2.30. The van der Waals surface area contributed by atoms with E-state index in [0.29, 0.717) is 23.8 Å². The Hall–Kier alpha value is -3.88. The molecule has 2 aromatic heterocycles. The maximum absolute atomic E-state index is 12.7. The van der Waals surface area contributed by atoms with Crippen LogP contribution in [0.1, 0.15) is 54.1 Å². The van der Waals surface area contributed by atoms with Crippen molar-refractivity contribution in [3.63, 3.8) is 0 Å². The predicted molar refractivity (Wildman–Crippen MR) is 129 cm³/mol. The molecule has 1 aliphatic rings. The van der Waals surface area contributed by atoms with Gasteiger partial charge in [0.05, 0.1) is 17.7 Å². The normalized spacial score (nSPS) is 15.8. The van der Waals surface area contributed by atoms with Crippen molar-refractivity contribution in [2.24, 2.45) is 0 Å². The fourth-order valence-electron chi connectivity index (χ4n) is 3.93. The molecule has 9 heteroatoms. The first kappa shape index (κ1) is 25.2. The van der Waals surface area contributed by atoms with E-state index in [1.54, 1.807) is 18.2 Å². The van der Waals surface area contributed by atoms with Crippen LogP contribution in [0, 0.1) is 0 Å². The van der Waals surface area contributed by atoms with Gasteiger partial charge in [0, 0.05) is 30.6 Å². The molecule has 1 saturated carbocycles. The van der Waals surface area contributed by atoms with Crippen LogP contribution in [-0.2, 0) is 6.18 Å². The van der Waals surface area contributed by atoms with Crippen LogP contribution in [0.3, 0.4) is 0 Å². The Bertz CT molecular complexity index is 1200. The number of pyridine rings is 2. The van der Waals surface area contributed by atoms with Crippen molar-refractivity contribution in [3.8, 4) is 17.5 Å². The molecule has 0 aliphatic heterocycles. The van der Waals surface area contributed by atoms with Crippen molar-refractivity contribution in [1.82, 2.24) is 15.3 Å². The number of carbonyl (C=O) groups excluding carboxylic acids is 1. The molecule has 0 atom stereocenters. The van der Waals surface area contributed by atoms with E-state index in [-0.39, 0.29) is 17.8 Å². The van der Waals surface area contributed by atoms with Gasteiger partial charge in [0.25, 0.3) is 5.91 Å². The molecule has 0 spiro atoms. The molecule has 1 aliphatic carbocycles. The van der Waals surface area contributed by atoms with Gasteiger partial charge in [-0.05, 0) is 62.4 Å². The number of ether oxygens (including phenoxy) is 2. The van der Waals surface area contributed by atoms with Crippen molar-refractivity contribution in [2.45, 2.75) is 44.8 Å². The predicted octanol–water partition coefficient (Wildman–Crippen LogP) is 6.44. The number of allylic oxidation sites excluding steroid dienone is 1. The maximum Gasteiger partial charge on any atom is 0.417 e. The number of carbonyl (C=O) groups is 1. The third-order valence-corrected chi connectivity index (χ3v) is 5.77. The topological polar surface area (TPSA) is 73.3 Å². The molecular formula is C27H26F3N3O3. The number of aromatic nitrogens is 2. The highest BCUT2D eigenvalue weighted by molar-refractivity contribution is 5.94. The van der Waals surface area contributed by atoms with E-state index in [1.165, 1.54) is 17.8 Å². The number of nitrogens with one attached hydrogen (secondary N) is 1. The summed E-state index contributed by atoms with van der Waals surface area (Å²) in [6.07, 6.45) is 3.26. The molecule has 0 radical (unpaired) electrons. The maximum atomic E-state index is 12.7. The molecule has 1 amide bonds. The van der Waals surface area contributed by atoms with Gasteiger partial charge in [-0.3, -0.25) is 4.79 Å². The molecule has 4 rings (SSSR count). The van der Waals surface area contributed by atoms with Gasteiger partial charge in [0.15, 0.2) is 0 Å². The largest absolute Gasteiger partial charge is 0.478 e. The van der Waals surface area contributed by atoms with Crippen LogP contribution in [0.5, 0.6) is 17.5 Å². The second kappa shape index (κ2) is 11.2. The summed E-state index contributed by atoms with van der Waals surface area (Å²) in [4.78, 5) is 20.4. The zero-order chi connectivity index (χ0) is 25.5. The molecule has 1 aromatic carbocycles. The zero-order valence-electron chi connectivity index (χ0n) is 19.7. The monoisotopic (exact) mass is 497 g/mol. The lowest BCUT2D eigenvalue weighted by atomic mass is 9.89. The SMILES string of the molecule is CCOc1ccc(C(=O)NC2CCC(=Cc3cccc(Oc4ccc(C(F)(F)F)cn4)c3)CC2)cn1. The van der Waals surface area contributed by atoms with E-state index in [4.69, 9.17) is 9.47 Å². The molecule has 36 heavy (non-hydrogen) atoms. The highest BCUT2D eigenvalue weighted by atomic mass is 19.4. The first-order valence-corrected chi connectivity index (χ1v) is 11.7. The van der Waals surface area contributed by atoms with Gasteiger partial charge < -0.3 is 14.8 Å². The smallest absolute Gasteiger partial charge is 0.417 e. The van der Waals surface area contributed by atoms with Crippen LogP contribution >= 0.6 is 0 Å². The Labute approximate surface area is 207 Å². The molecule has 0 bridgehead atoms. The lowest BCUT2D eigenvalue weighted by Crippen LogP contribution is -2.36. The average Bonchev–Trinajstić information content (AvgIpc) is 2.86. The molecule has 3 aromatic rings. The number of amides is 1. The summed E-state index contributed by atoms with van der Waals surface area (Å²) in [6, 6.07) is 12.9. The van der Waals surface area contributed by atoms with Gasteiger partial charge in [0.1, 0.15) is 5.75 Å². The number of alkyl halides is 3. The number of benzene rings is 1. The molecule has 2 heterocycles. The Kier molecular flexibility index (Phi) is 7.87. The number of nitrogens with zero attached hydrogens (tertiary/aromatic N) is 2. The average molecular weight is 498 g/mol. The molecule has 1 N–H and O–H groups in total. The number of rotatable bonds is 7. The summed E-state index contributed by atoms with van der Waals surface area (Å²) in [5.41, 5.74) is 1.86. The second-order valence-electron chi connectivity index (χ2n) is 8.43. The zero-order valence-corrected chi connectivity index (χ0v) is 19.7. The number of hydrogen-bond donors (Lipinski definition) is 1. The van der Waals surface area contributed by atoms with Crippen LogP contribution < -0.4 is 14.8 Å². The fraction of sp³-hybridized carbons (Fsp3) is 0.296. The molecular weight excluding hydrogens is 471 g/mol. The first-order chi connectivity index (χ1) is 17.3. The van der Waals surface area contributed by atoms with Crippen LogP contribution in [0.25, 0.3) is 6.08 Å². The number of halogens is 3. The van der Waals surface area contributed by atoms with Gasteiger partial charge in [0.2, 0.25) is 11.8 Å². The molecule has 0 saturated heterocycles. The summed E-state index contributed by atoms with van der Waals surface area (Å²) in [7, 11) is 0. The molecule has 6 nitrogen and oxygen atoms in total. The van der Waals surface area contributed by atoms with E-state index in [0.717, 1.165) is 43.5 Å². The van der Waals surface area contributed by atoms with Gasteiger partial charge in [-0.1, -0.05) is 23.8 Å². The minimum absolute atomic E-state index is 0.0848. The van der Waals surface area contributed by atoms with Crippen LogP contribution in [-0.4, -0.2) is 28.5 Å². The molecule has 1 fully saturated rings. The minimum Gasteiger partial charge on any atom is -0.478 e. The Morgan fingerprint density at radius 2 is 1.81 bits per heavy atom. The first-order valence-electron chi connectivity index (χ1n) is 11.7. The summed E-state index contributed by atoms with van der Waals surface area (Å²) < 4.78 is 49.1. The Morgan fingerprint density at radius 3 is 2.44 bits per heavy atom. The van der Waals surface area contributed by atoms with Crippen molar-refractivity contribution in [1.29, 1.82) is 0 Å². The summed E-state index contributed by atoms with van der Waals surface area (Å²) in [5, 5.41) is 3.08. The van der Waals surface area contributed by atoms with Crippen molar-refractivity contribution in [2.75, 3.05) is 6.61 Å². The molecule has 188 valence electrons. The van der Waals surface area contributed by atoms with Crippen molar-refractivity contribution < 1.29 is 27.4 Å². The highest BCUT2D eigenvalue weighted by Crippen LogP contribution is 2.31. The summed E-state index contributed by atoms with van der Waals surface area (Å²) >= 11 is 0. The van der Waals surface area contributed by atoms with Gasteiger partial charge >= 0.3 is 6.18 Å². The third-order valence-electron chi connectivity index (χ3n) is 5.77.